The second kappa shape index (κ2) is 4.55. The van der Waals surface area contributed by atoms with Crippen LogP contribution < -0.4 is 5.73 Å². The quantitative estimate of drug-likeness (QED) is 0.801. The molecule has 1 aromatic rings. The van der Waals surface area contributed by atoms with Gasteiger partial charge in [0.15, 0.2) is 0 Å². The standard InChI is InChI=1S/C10H20N4/c1-5-6-9(11)10-13-12-8(4)14(10)7(2)3/h7,9H,5-6,11H2,1-4H3/t9-/m1/s1. The number of hydrogen-bond donors (Lipinski definition) is 1. The van der Waals surface area contributed by atoms with Gasteiger partial charge in [0.1, 0.15) is 11.6 Å². The van der Waals surface area contributed by atoms with E-state index in [1.54, 1.807) is 0 Å². The first-order valence-corrected chi connectivity index (χ1v) is 5.24. The molecule has 0 fully saturated rings. The van der Waals surface area contributed by atoms with E-state index in [0.717, 1.165) is 24.5 Å². The molecule has 4 heteroatoms. The molecule has 0 saturated heterocycles. The summed E-state index contributed by atoms with van der Waals surface area (Å²) in [6.45, 7) is 8.34. The van der Waals surface area contributed by atoms with Gasteiger partial charge < -0.3 is 10.3 Å². The van der Waals surface area contributed by atoms with Crippen LogP contribution >= 0.6 is 0 Å². The van der Waals surface area contributed by atoms with Crippen molar-refractivity contribution in [2.75, 3.05) is 0 Å². The summed E-state index contributed by atoms with van der Waals surface area (Å²) in [6, 6.07) is 0.395. The van der Waals surface area contributed by atoms with Crippen LogP contribution in [0.4, 0.5) is 0 Å². The van der Waals surface area contributed by atoms with Crippen LogP contribution in [-0.4, -0.2) is 14.8 Å². The van der Waals surface area contributed by atoms with Crippen LogP contribution in [0.5, 0.6) is 0 Å². The van der Waals surface area contributed by atoms with Crippen LogP contribution in [0.1, 0.15) is 57.3 Å². The lowest BCUT2D eigenvalue weighted by atomic mass is 10.1. The van der Waals surface area contributed by atoms with Gasteiger partial charge in [-0.2, -0.15) is 0 Å². The first-order valence-electron chi connectivity index (χ1n) is 5.24. The molecule has 1 heterocycles. The molecule has 0 unspecified atom stereocenters. The van der Waals surface area contributed by atoms with Crippen molar-refractivity contribution >= 4 is 0 Å². The monoisotopic (exact) mass is 196 g/mol. The summed E-state index contributed by atoms with van der Waals surface area (Å²) in [4.78, 5) is 0. The molecule has 14 heavy (non-hydrogen) atoms. The lowest BCUT2D eigenvalue weighted by molar-refractivity contribution is 0.502. The Labute approximate surface area is 85.5 Å². The van der Waals surface area contributed by atoms with Crippen molar-refractivity contribution in [3.8, 4) is 0 Å². The fraction of sp³-hybridized carbons (Fsp3) is 0.800. The fourth-order valence-electron chi connectivity index (χ4n) is 1.72. The highest BCUT2D eigenvalue weighted by molar-refractivity contribution is 5.00. The summed E-state index contributed by atoms with van der Waals surface area (Å²) in [6.07, 6.45) is 2.04. The van der Waals surface area contributed by atoms with Crippen molar-refractivity contribution in [1.29, 1.82) is 0 Å². The van der Waals surface area contributed by atoms with Crippen LogP contribution in [0.3, 0.4) is 0 Å². The van der Waals surface area contributed by atoms with Gasteiger partial charge in [0.25, 0.3) is 0 Å². The molecule has 1 rings (SSSR count). The average molecular weight is 196 g/mol. The minimum Gasteiger partial charge on any atom is -0.321 e. The zero-order valence-electron chi connectivity index (χ0n) is 9.49. The molecule has 0 aromatic carbocycles. The van der Waals surface area contributed by atoms with Gasteiger partial charge in [-0.3, -0.25) is 0 Å². The number of aryl methyl sites for hydroxylation is 1. The van der Waals surface area contributed by atoms with Crippen molar-refractivity contribution in [2.24, 2.45) is 5.73 Å². The van der Waals surface area contributed by atoms with E-state index in [-0.39, 0.29) is 6.04 Å². The second-order valence-corrected chi connectivity index (χ2v) is 3.96. The lowest BCUT2D eigenvalue weighted by Gasteiger charge is -2.16. The van der Waals surface area contributed by atoms with Crippen molar-refractivity contribution < 1.29 is 0 Å². The Balaban J connectivity index is 2.96. The third-order valence-electron chi connectivity index (χ3n) is 2.34. The third-order valence-corrected chi connectivity index (χ3v) is 2.34. The molecule has 0 amide bonds. The number of aromatic nitrogens is 3. The second-order valence-electron chi connectivity index (χ2n) is 3.96. The van der Waals surface area contributed by atoms with Gasteiger partial charge in [-0.1, -0.05) is 13.3 Å². The summed E-state index contributed by atoms with van der Waals surface area (Å²) < 4.78 is 2.11. The van der Waals surface area contributed by atoms with Gasteiger partial charge >= 0.3 is 0 Å². The molecule has 0 aliphatic heterocycles. The molecule has 0 aliphatic carbocycles. The largest absolute Gasteiger partial charge is 0.321 e. The van der Waals surface area contributed by atoms with Crippen LogP contribution in [0.2, 0.25) is 0 Å². The fourth-order valence-corrected chi connectivity index (χ4v) is 1.72. The zero-order valence-corrected chi connectivity index (χ0v) is 9.49. The maximum Gasteiger partial charge on any atom is 0.150 e. The van der Waals surface area contributed by atoms with Crippen molar-refractivity contribution in [3.05, 3.63) is 11.6 Å². The Kier molecular flexibility index (Phi) is 3.63. The van der Waals surface area contributed by atoms with Gasteiger partial charge in [0.05, 0.1) is 6.04 Å². The summed E-state index contributed by atoms with van der Waals surface area (Å²) in [5.74, 6) is 1.86. The van der Waals surface area contributed by atoms with E-state index in [0.29, 0.717) is 6.04 Å². The predicted molar refractivity (Wildman–Crippen MR) is 57.0 cm³/mol. The van der Waals surface area contributed by atoms with E-state index in [1.807, 2.05) is 6.92 Å². The molecule has 80 valence electrons. The summed E-state index contributed by atoms with van der Waals surface area (Å²) >= 11 is 0. The molecular weight excluding hydrogens is 176 g/mol. The topological polar surface area (TPSA) is 56.7 Å². The SMILES string of the molecule is CCC[C@@H](N)c1nnc(C)n1C(C)C. The minimum absolute atomic E-state index is 0.0172. The molecule has 0 aliphatic rings. The van der Waals surface area contributed by atoms with E-state index in [4.69, 9.17) is 5.73 Å². The molecule has 0 spiro atoms. The van der Waals surface area contributed by atoms with Gasteiger partial charge in [-0.05, 0) is 27.2 Å². The van der Waals surface area contributed by atoms with Crippen LogP contribution in [-0.2, 0) is 0 Å². The van der Waals surface area contributed by atoms with E-state index in [2.05, 4.69) is 35.5 Å². The maximum absolute atomic E-state index is 6.03. The number of rotatable bonds is 4. The highest BCUT2D eigenvalue weighted by Crippen LogP contribution is 2.18. The molecule has 1 atom stereocenters. The van der Waals surface area contributed by atoms with Gasteiger partial charge in [-0.15, -0.1) is 10.2 Å². The van der Waals surface area contributed by atoms with E-state index >= 15 is 0 Å². The first kappa shape index (κ1) is 11.2. The number of hydrogen-bond acceptors (Lipinski definition) is 3. The van der Waals surface area contributed by atoms with E-state index in [9.17, 15) is 0 Å². The van der Waals surface area contributed by atoms with Gasteiger partial charge in [-0.25, -0.2) is 0 Å². The molecule has 4 nitrogen and oxygen atoms in total. The summed E-state index contributed by atoms with van der Waals surface area (Å²) in [7, 11) is 0. The zero-order chi connectivity index (χ0) is 10.7. The van der Waals surface area contributed by atoms with Crippen molar-refractivity contribution in [1.82, 2.24) is 14.8 Å². The molecule has 0 radical (unpaired) electrons. The molecule has 1 aromatic heterocycles. The average Bonchev–Trinajstić information content (AvgIpc) is 2.47. The van der Waals surface area contributed by atoms with Crippen LogP contribution in [0.25, 0.3) is 0 Å². The highest BCUT2D eigenvalue weighted by atomic mass is 15.3. The maximum atomic E-state index is 6.03. The molecular formula is C10H20N4. The molecule has 0 saturated carbocycles. The predicted octanol–water partition coefficient (Wildman–Crippen LogP) is 1.97. The lowest BCUT2D eigenvalue weighted by Crippen LogP contribution is -2.18. The summed E-state index contributed by atoms with van der Waals surface area (Å²) in [5, 5.41) is 8.22. The van der Waals surface area contributed by atoms with E-state index in [1.165, 1.54) is 0 Å². The first-order chi connectivity index (χ1) is 6.57. The number of nitrogens with two attached hydrogens (primary N) is 1. The van der Waals surface area contributed by atoms with Crippen molar-refractivity contribution in [2.45, 2.75) is 52.6 Å². The minimum atomic E-state index is 0.0172. The Morgan fingerprint density at radius 1 is 1.36 bits per heavy atom. The number of nitrogens with zero attached hydrogens (tertiary/aromatic N) is 3. The van der Waals surface area contributed by atoms with Gasteiger partial charge in [0, 0.05) is 6.04 Å². The third kappa shape index (κ3) is 2.12. The normalized spacial score (nSPS) is 13.6. The van der Waals surface area contributed by atoms with Crippen LogP contribution in [0.15, 0.2) is 0 Å². The Morgan fingerprint density at radius 3 is 2.50 bits per heavy atom. The van der Waals surface area contributed by atoms with Gasteiger partial charge in [0.2, 0.25) is 0 Å². The highest BCUT2D eigenvalue weighted by Gasteiger charge is 2.16. The Hall–Kier alpha value is -0.900. The van der Waals surface area contributed by atoms with Crippen LogP contribution in [0, 0.1) is 6.92 Å². The Bertz CT molecular complexity index is 290. The Morgan fingerprint density at radius 2 is 2.00 bits per heavy atom. The summed E-state index contributed by atoms with van der Waals surface area (Å²) in [5.41, 5.74) is 6.03. The molecule has 0 bridgehead atoms. The smallest absolute Gasteiger partial charge is 0.150 e. The molecule has 2 N–H and O–H groups in total. The van der Waals surface area contributed by atoms with Crippen molar-refractivity contribution in [3.63, 3.8) is 0 Å². The van der Waals surface area contributed by atoms with E-state index < -0.39 is 0 Å².